The number of rotatable bonds is 6. The molecule has 1 saturated heterocycles. The molecule has 1 aliphatic carbocycles. The second kappa shape index (κ2) is 16.0. The third-order valence-corrected chi connectivity index (χ3v) is 6.64. The van der Waals surface area contributed by atoms with Gasteiger partial charge in [-0.25, -0.2) is 8.78 Å². The molecule has 2 aromatic rings. The molecule has 3 heterocycles. The van der Waals surface area contributed by atoms with E-state index in [1.807, 2.05) is 31.5 Å². The van der Waals surface area contributed by atoms with Crippen molar-refractivity contribution in [1.29, 1.82) is 0 Å². The lowest BCUT2D eigenvalue weighted by Gasteiger charge is -2.17. The third kappa shape index (κ3) is 11.2. The molecule has 0 amide bonds. The van der Waals surface area contributed by atoms with Crippen LogP contribution in [0.25, 0.3) is 5.70 Å². The van der Waals surface area contributed by atoms with Gasteiger partial charge in [0.1, 0.15) is 11.7 Å². The summed E-state index contributed by atoms with van der Waals surface area (Å²) in [5.74, 6) is 0.432. The minimum atomic E-state index is -0.654. The molecule has 1 N–H and O–H groups in total. The first kappa shape index (κ1) is 32.0. The van der Waals surface area contributed by atoms with E-state index in [9.17, 15) is 8.78 Å². The fraction of sp³-hybridized carbons (Fsp3) is 0.424. The Morgan fingerprint density at radius 1 is 1.08 bits per heavy atom. The van der Waals surface area contributed by atoms with E-state index >= 15 is 0 Å². The summed E-state index contributed by atoms with van der Waals surface area (Å²) < 4.78 is 24.7. The number of nitrogens with one attached hydrogen (secondary N) is 1. The molecule has 6 heteroatoms. The van der Waals surface area contributed by atoms with Crippen molar-refractivity contribution >= 4 is 11.4 Å². The summed E-state index contributed by atoms with van der Waals surface area (Å²) in [5.41, 5.74) is 8.00. The van der Waals surface area contributed by atoms with Gasteiger partial charge < -0.3 is 5.32 Å². The molecule has 4 rings (SSSR count). The first-order chi connectivity index (χ1) is 18.5. The zero-order valence-corrected chi connectivity index (χ0v) is 24.5. The molecule has 2 aromatic heterocycles. The molecule has 0 unspecified atom stereocenters. The third-order valence-electron chi connectivity index (χ3n) is 6.64. The van der Waals surface area contributed by atoms with Crippen LogP contribution in [0, 0.1) is 19.8 Å². The number of hydrogen-bond donors (Lipinski definition) is 1. The Balaban J connectivity index is 0.000000259. The monoisotopic (exact) mass is 534 g/mol. The number of aromatic nitrogens is 2. The second-order valence-electron chi connectivity index (χ2n) is 10.5. The van der Waals surface area contributed by atoms with Crippen LogP contribution in [0.4, 0.5) is 8.78 Å². The Labute approximate surface area is 233 Å². The van der Waals surface area contributed by atoms with E-state index in [0.29, 0.717) is 11.5 Å². The van der Waals surface area contributed by atoms with Gasteiger partial charge in [0.05, 0.1) is 5.70 Å². The fourth-order valence-electron chi connectivity index (χ4n) is 4.12. The van der Waals surface area contributed by atoms with E-state index in [0.717, 1.165) is 40.7 Å². The van der Waals surface area contributed by atoms with E-state index in [-0.39, 0.29) is 0 Å². The van der Waals surface area contributed by atoms with Crippen molar-refractivity contribution in [3.63, 3.8) is 0 Å². The Hall–Kier alpha value is -3.25. The Morgan fingerprint density at radius 3 is 2.26 bits per heavy atom. The Morgan fingerprint density at radius 2 is 1.74 bits per heavy atom. The Bertz CT molecular complexity index is 1210. The summed E-state index contributed by atoms with van der Waals surface area (Å²) in [6.45, 7) is 21.3. The van der Waals surface area contributed by atoms with E-state index in [1.54, 1.807) is 20.0 Å². The minimum Gasteiger partial charge on any atom is -0.317 e. The van der Waals surface area contributed by atoms with Crippen LogP contribution in [-0.4, -0.2) is 28.8 Å². The molecular weight excluding hydrogens is 490 g/mol. The number of aryl methyl sites for hydroxylation is 2. The van der Waals surface area contributed by atoms with E-state index in [4.69, 9.17) is 4.99 Å². The molecule has 2 fully saturated rings. The number of nitrogens with zero attached hydrogens (tertiary/aromatic N) is 3. The lowest BCUT2D eigenvalue weighted by atomic mass is 9.98. The molecule has 39 heavy (non-hydrogen) atoms. The zero-order valence-electron chi connectivity index (χ0n) is 24.5. The van der Waals surface area contributed by atoms with E-state index in [2.05, 4.69) is 49.2 Å². The average molecular weight is 535 g/mol. The maximum atomic E-state index is 12.5. The van der Waals surface area contributed by atoms with Crippen molar-refractivity contribution in [1.82, 2.24) is 15.3 Å². The van der Waals surface area contributed by atoms with Gasteiger partial charge in [-0.1, -0.05) is 20.1 Å². The molecule has 4 nitrogen and oxygen atoms in total. The molecule has 2 aliphatic rings. The van der Waals surface area contributed by atoms with Crippen molar-refractivity contribution in [2.75, 3.05) is 13.1 Å². The van der Waals surface area contributed by atoms with Crippen molar-refractivity contribution in [3.8, 4) is 0 Å². The van der Waals surface area contributed by atoms with E-state index in [1.165, 1.54) is 55.5 Å². The summed E-state index contributed by atoms with van der Waals surface area (Å²) in [5, 5.41) is 3.32. The normalized spacial score (nSPS) is 15.8. The van der Waals surface area contributed by atoms with Gasteiger partial charge in [-0.05, 0) is 120 Å². The predicted octanol–water partition coefficient (Wildman–Crippen LogP) is 8.75. The maximum Gasteiger partial charge on any atom is 0.125 e. The van der Waals surface area contributed by atoms with Crippen molar-refractivity contribution in [2.45, 2.75) is 73.1 Å². The molecule has 0 radical (unpaired) electrons. The number of allylic oxidation sites excluding steroid dienone is 5. The SMILES string of the molecule is C=C(N=C(C)c1c(C)cncc1C1CC1)c1ccnc(C)c1.C=C/C(F)=C\C(F)=C(C)C.CC1CCNCC1. The zero-order chi connectivity index (χ0) is 28.9. The summed E-state index contributed by atoms with van der Waals surface area (Å²) in [7, 11) is 0. The number of pyridine rings is 2. The summed E-state index contributed by atoms with van der Waals surface area (Å²) in [6.07, 6.45) is 12.8. The molecule has 1 aliphatic heterocycles. The van der Waals surface area contributed by atoms with Crippen LogP contribution in [0.15, 0.2) is 78.3 Å². The lowest BCUT2D eigenvalue weighted by molar-refractivity contribution is 0.402. The van der Waals surface area contributed by atoms with Gasteiger partial charge in [-0.15, -0.1) is 0 Å². The lowest BCUT2D eigenvalue weighted by Crippen LogP contribution is -2.26. The summed E-state index contributed by atoms with van der Waals surface area (Å²) in [4.78, 5) is 13.3. The highest BCUT2D eigenvalue weighted by Crippen LogP contribution is 2.42. The van der Waals surface area contributed by atoms with Gasteiger partial charge in [0.2, 0.25) is 0 Å². The van der Waals surface area contributed by atoms with Crippen LogP contribution in [0.5, 0.6) is 0 Å². The highest BCUT2D eigenvalue weighted by atomic mass is 19.1. The largest absolute Gasteiger partial charge is 0.317 e. The number of piperidine rings is 1. The standard InChI is InChI=1S/C19H21N3.C8H10F2.C6H13N/c1-12-10-20-11-18(16-5-6-16)19(12)15(4)22-14(3)17-7-8-21-13(2)9-17;1-4-7(9)5-8(10)6(2)3;1-6-2-4-7-5-3-6/h7-11,16H,3,5-6H2,1-2,4H3;4-5H,1H2,2-3H3;6-7H,2-5H2,1H3/b;7-5+;. The van der Waals surface area contributed by atoms with Gasteiger partial charge in [-0.3, -0.25) is 15.0 Å². The number of hydrogen-bond acceptors (Lipinski definition) is 4. The van der Waals surface area contributed by atoms with E-state index < -0.39 is 11.7 Å². The quantitative estimate of drug-likeness (QED) is 0.298. The first-order valence-corrected chi connectivity index (χ1v) is 13.7. The summed E-state index contributed by atoms with van der Waals surface area (Å²) >= 11 is 0. The number of halogens is 2. The minimum absolute atomic E-state index is 0.456. The predicted molar refractivity (Wildman–Crippen MR) is 161 cm³/mol. The molecule has 0 spiro atoms. The second-order valence-corrected chi connectivity index (χ2v) is 10.5. The van der Waals surface area contributed by atoms with Crippen LogP contribution >= 0.6 is 0 Å². The average Bonchev–Trinajstić information content (AvgIpc) is 3.75. The van der Waals surface area contributed by atoms with Gasteiger partial charge >= 0.3 is 0 Å². The molecule has 0 aromatic carbocycles. The van der Waals surface area contributed by atoms with Crippen molar-refractivity contribution < 1.29 is 8.78 Å². The smallest absolute Gasteiger partial charge is 0.125 e. The van der Waals surface area contributed by atoms with Gasteiger partial charge in [-0.2, -0.15) is 0 Å². The van der Waals surface area contributed by atoms with Crippen LogP contribution in [-0.2, 0) is 0 Å². The van der Waals surface area contributed by atoms with Crippen LogP contribution in [0.2, 0.25) is 0 Å². The highest BCUT2D eigenvalue weighted by Gasteiger charge is 2.27. The molecule has 210 valence electrons. The van der Waals surface area contributed by atoms with Gasteiger partial charge in [0.25, 0.3) is 0 Å². The van der Waals surface area contributed by atoms with Gasteiger partial charge in [0.15, 0.2) is 0 Å². The molecular formula is C33H44F2N4. The van der Waals surface area contributed by atoms with Gasteiger partial charge in [0, 0.05) is 47.2 Å². The fourth-order valence-corrected chi connectivity index (χ4v) is 4.12. The Kier molecular flexibility index (Phi) is 13.1. The maximum absolute atomic E-state index is 12.5. The summed E-state index contributed by atoms with van der Waals surface area (Å²) in [6, 6.07) is 3.97. The van der Waals surface area contributed by atoms with Crippen molar-refractivity contribution in [2.24, 2.45) is 10.9 Å². The van der Waals surface area contributed by atoms with Crippen LogP contribution in [0.1, 0.15) is 87.2 Å². The molecule has 0 bridgehead atoms. The topological polar surface area (TPSA) is 50.2 Å². The number of aliphatic imine (C=N–C) groups is 1. The molecule has 1 saturated carbocycles. The highest BCUT2D eigenvalue weighted by molar-refractivity contribution is 6.04. The van der Waals surface area contributed by atoms with Crippen molar-refractivity contribution in [3.05, 3.63) is 101 Å². The molecule has 0 atom stereocenters. The van der Waals surface area contributed by atoms with Crippen LogP contribution in [0.3, 0.4) is 0 Å². The first-order valence-electron chi connectivity index (χ1n) is 13.7. The van der Waals surface area contributed by atoms with Crippen LogP contribution < -0.4 is 5.32 Å².